The molecule has 0 saturated carbocycles. The molecule has 0 fully saturated rings. The molecule has 2 aromatic carbocycles. The molecule has 2 heteroatoms. The highest BCUT2D eigenvalue weighted by Gasteiger charge is 2.18. The highest BCUT2D eigenvalue weighted by molar-refractivity contribution is 5.55. The van der Waals surface area contributed by atoms with Gasteiger partial charge in [0.2, 0.25) is 0 Å². The van der Waals surface area contributed by atoms with E-state index in [1.54, 1.807) is 0 Å². The molecular weight excluding hydrogens is 200 g/mol. The second-order valence-corrected chi connectivity index (χ2v) is 4.10. The predicted octanol–water partition coefficient (Wildman–Crippen LogP) is 4.20. The molecule has 0 N–H and O–H groups in total. The second kappa shape index (κ2) is 3.27. The van der Waals surface area contributed by atoms with Crippen molar-refractivity contribution >= 4 is 0 Å². The lowest BCUT2D eigenvalue weighted by Crippen LogP contribution is -1.99. The molecule has 0 saturated heterocycles. The van der Waals surface area contributed by atoms with E-state index >= 15 is 0 Å². The average molecular weight is 212 g/mol. The van der Waals surface area contributed by atoms with Crippen molar-refractivity contribution < 1.29 is 9.47 Å². The van der Waals surface area contributed by atoms with Gasteiger partial charge in [0, 0.05) is 0 Å². The first kappa shape index (κ1) is 9.28. The highest BCUT2D eigenvalue weighted by Crippen LogP contribution is 2.45. The zero-order valence-electron chi connectivity index (χ0n) is 9.28. The fourth-order valence-corrected chi connectivity index (χ4v) is 1.80. The van der Waals surface area contributed by atoms with Gasteiger partial charge in [-0.2, -0.15) is 0 Å². The van der Waals surface area contributed by atoms with Crippen LogP contribution in [0.25, 0.3) is 0 Å². The molecular formula is C14H12O2. The van der Waals surface area contributed by atoms with Crippen molar-refractivity contribution in [2.45, 2.75) is 13.8 Å². The van der Waals surface area contributed by atoms with Gasteiger partial charge < -0.3 is 9.47 Å². The van der Waals surface area contributed by atoms with Gasteiger partial charge in [-0.15, -0.1) is 0 Å². The van der Waals surface area contributed by atoms with E-state index in [0.29, 0.717) is 0 Å². The van der Waals surface area contributed by atoms with Gasteiger partial charge in [-0.25, -0.2) is 0 Å². The van der Waals surface area contributed by atoms with Crippen LogP contribution >= 0.6 is 0 Å². The first-order valence-corrected chi connectivity index (χ1v) is 5.29. The molecule has 0 atom stereocenters. The standard InChI is InChI=1S/C14H12O2/c1-9-3-5-11-13(7-9)15-12-6-4-10(2)8-14(12)16-11/h3-8H,1-2H3. The first-order valence-electron chi connectivity index (χ1n) is 5.29. The van der Waals surface area contributed by atoms with Crippen molar-refractivity contribution in [1.29, 1.82) is 0 Å². The van der Waals surface area contributed by atoms with Gasteiger partial charge in [0.15, 0.2) is 23.0 Å². The summed E-state index contributed by atoms with van der Waals surface area (Å²) in [6.07, 6.45) is 0. The minimum Gasteiger partial charge on any atom is -0.450 e. The van der Waals surface area contributed by atoms with Crippen molar-refractivity contribution in [3.05, 3.63) is 47.5 Å². The highest BCUT2D eigenvalue weighted by atomic mass is 16.6. The van der Waals surface area contributed by atoms with E-state index in [1.165, 1.54) is 0 Å². The number of aryl methyl sites for hydroxylation is 2. The van der Waals surface area contributed by atoms with E-state index in [4.69, 9.17) is 9.47 Å². The van der Waals surface area contributed by atoms with Crippen molar-refractivity contribution in [3.63, 3.8) is 0 Å². The van der Waals surface area contributed by atoms with Crippen LogP contribution in [-0.4, -0.2) is 0 Å². The van der Waals surface area contributed by atoms with Crippen LogP contribution in [0.1, 0.15) is 11.1 Å². The summed E-state index contributed by atoms with van der Waals surface area (Å²) < 4.78 is 11.6. The third-order valence-corrected chi connectivity index (χ3v) is 2.64. The molecule has 0 unspecified atom stereocenters. The van der Waals surface area contributed by atoms with Gasteiger partial charge in [-0.05, 0) is 49.2 Å². The Hall–Kier alpha value is -1.96. The minimum absolute atomic E-state index is 0.781. The van der Waals surface area contributed by atoms with E-state index in [-0.39, 0.29) is 0 Å². The fraction of sp³-hybridized carbons (Fsp3) is 0.143. The van der Waals surface area contributed by atoms with Gasteiger partial charge >= 0.3 is 0 Å². The summed E-state index contributed by atoms with van der Waals surface area (Å²) in [5.74, 6) is 3.14. The molecule has 0 bridgehead atoms. The molecule has 80 valence electrons. The maximum absolute atomic E-state index is 5.79. The van der Waals surface area contributed by atoms with Crippen molar-refractivity contribution in [2.75, 3.05) is 0 Å². The average Bonchev–Trinajstić information content (AvgIpc) is 2.26. The van der Waals surface area contributed by atoms with E-state index in [1.807, 2.05) is 50.2 Å². The number of rotatable bonds is 0. The summed E-state index contributed by atoms with van der Waals surface area (Å²) in [7, 11) is 0. The van der Waals surface area contributed by atoms with Crippen molar-refractivity contribution in [3.8, 4) is 23.0 Å². The Morgan fingerprint density at radius 1 is 0.625 bits per heavy atom. The summed E-state index contributed by atoms with van der Waals surface area (Å²) in [4.78, 5) is 0. The zero-order chi connectivity index (χ0) is 11.1. The minimum atomic E-state index is 0.781. The lowest BCUT2D eigenvalue weighted by atomic mass is 10.2. The van der Waals surface area contributed by atoms with E-state index in [2.05, 4.69) is 0 Å². The van der Waals surface area contributed by atoms with Crippen LogP contribution in [0, 0.1) is 13.8 Å². The van der Waals surface area contributed by atoms with Crippen LogP contribution in [0.3, 0.4) is 0 Å². The SMILES string of the molecule is Cc1ccc2c(c1)Oc1ccc(C)cc1O2. The largest absolute Gasteiger partial charge is 0.450 e. The molecule has 3 rings (SSSR count). The van der Waals surface area contributed by atoms with Crippen LogP contribution in [-0.2, 0) is 0 Å². The topological polar surface area (TPSA) is 18.5 Å². The summed E-state index contributed by atoms with van der Waals surface area (Å²) in [6.45, 7) is 4.07. The molecule has 0 aromatic heterocycles. The van der Waals surface area contributed by atoms with Gasteiger partial charge in [0.1, 0.15) is 0 Å². The Bertz CT molecular complexity index is 507. The third-order valence-electron chi connectivity index (χ3n) is 2.64. The van der Waals surface area contributed by atoms with Gasteiger partial charge in [-0.3, -0.25) is 0 Å². The van der Waals surface area contributed by atoms with Crippen LogP contribution < -0.4 is 9.47 Å². The maximum Gasteiger partial charge on any atom is 0.170 e. The lowest BCUT2D eigenvalue weighted by molar-refractivity contribution is 0.359. The lowest BCUT2D eigenvalue weighted by Gasteiger charge is -2.21. The third kappa shape index (κ3) is 1.43. The fourth-order valence-electron chi connectivity index (χ4n) is 1.80. The monoisotopic (exact) mass is 212 g/mol. The number of hydrogen-bond donors (Lipinski definition) is 0. The molecule has 1 aliphatic heterocycles. The Morgan fingerprint density at radius 2 is 1.06 bits per heavy atom. The molecule has 1 aliphatic rings. The number of hydrogen-bond acceptors (Lipinski definition) is 2. The molecule has 1 heterocycles. The van der Waals surface area contributed by atoms with E-state index in [9.17, 15) is 0 Å². The number of fused-ring (bicyclic) bond motifs is 2. The van der Waals surface area contributed by atoms with E-state index < -0.39 is 0 Å². The van der Waals surface area contributed by atoms with Crippen LogP contribution in [0.15, 0.2) is 36.4 Å². The summed E-state index contributed by atoms with van der Waals surface area (Å²) >= 11 is 0. The number of benzene rings is 2. The van der Waals surface area contributed by atoms with Crippen LogP contribution in [0.2, 0.25) is 0 Å². The molecule has 16 heavy (non-hydrogen) atoms. The van der Waals surface area contributed by atoms with Crippen LogP contribution in [0.5, 0.6) is 23.0 Å². The molecule has 2 aromatic rings. The van der Waals surface area contributed by atoms with Gasteiger partial charge in [-0.1, -0.05) is 12.1 Å². The summed E-state index contributed by atoms with van der Waals surface area (Å²) in [5, 5.41) is 0. The number of ether oxygens (including phenoxy) is 2. The molecule has 0 amide bonds. The Balaban J connectivity index is 2.09. The summed E-state index contributed by atoms with van der Waals surface area (Å²) in [6, 6.07) is 11.9. The molecule has 2 nitrogen and oxygen atoms in total. The Labute approximate surface area is 94.4 Å². The predicted molar refractivity (Wildman–Crippen MR) is 62.5 cm³/mol. The van der Waals surface area contributed by atoms with E-state index in [0.717, 1.165) is 34.1 Å². The maximum atomic E-state index is 5.79. The van der Waals surface area contributed by atoms with Gasteiger partial charge in [0.25, 0.3) is 0 Å². The summed E-state index contributed by atoms with van der Waals surface area (Å²) in [5.41, 5.74) is 2.33. The van der Waals surface area contributed by atoms with Crippen molar-refractivity contribution in [1.82, 2.24) is 0 Å². The second-order valence-electron chi connectivity index (χ2n) is 4.10. The normalized spacial score (nSPS) is 12.1. The Kier molecular flexibility index (Phi) is 1.90. The zero-order valence-corrected chi connectivity index (χ0v) is 9.28. The molecule has 0 radical (unpaired) electrons. The smallest absolute Gasteiger partial charge is 0.170 e. The van der Waals surface area contributed by atoms with Gasteiger partial charge in [0.05, 0.1) is 0 Å². The Morgan fingerprint density at radius 3 is 1.50 bits per heavy atom. The molecule has 0 aliphatic carbocycles. The van der Waals surface area contributed by atoms with Crippen LogP contribution in [0.4, 0.5) is 0 Å². The quantitative estimate of drug-likeness (QED) is 0.556. The molecule has 0 spiro atoms. The first-order chi connectivity index (χ1) is 7.72. The van der Waals surface area contributed by atoms with Crippen molar-refractivity contribution in [2.24, 2.45) is 0 Å².